The van der Waals surface area contributed by atoms with Crippen molar-refractivity contribution in [2.45, 2.75) is 39.0 Å². The van der Waals surface area contributed by atoms with E-state index in [1.54, 1.807) is 6.07 Å². The summed E-state index contributed by atoms with van der Waals surface area (Å²) in [6, 6.07) is 13.9. The summed E-state index contributed by atoms with van der Waals surface area (Å²) in [5, 5.41) is 16.7. The minimum absolute atomic E-state index is 0.190. The molecule has 1 saturated heterocycles. The molecule has 5 nitrogen and oxygen atoms in total. The Hall–Kier alpha value is -2.74. The second-order valence-corrected chi connectivity index (χ2v) is 7.29. The van der Waals surface area contributed by atoms with E-state index in [9.17, 15) is 4.79 Å². The first-order valence-electron chi connectivity index (χ1n) is 9.14. The van der Waals surface area contributed by atoms with Crippen LogP contribution in [-0.4, -0.2) is 34.1 Å². The molecule has 2 aromatic rings. The van der Waals surface area contributed by atoms with Crippen LogP contribution >= 0.6 is 0 Å². The lowest BCUT2D eigenvalue weighted by atomic mass is 10.0. The van der Waals surface area contributed by atoms with Gasteiger partial charge in [0.1, 0.15) is 6.07 Å². The zero-order chi connectivity index (χ0) is 18.5. The average Bonchev–Trinajstić information content (AvgIpc) is 3.11. The number of nitriles is 1. The van der Waals surface area contributed by atoms with E-state index < -0.39 is 0 Å². The van der Waals surface area contributed by atoms with Crippen LogP contribution in [0.25, 0.3) is 0 Å². The molecule has 0 N–H and O–H groups in total. The molecule has 3 rings (SSSR count). The van der Waals surface area contributed by atoms with E-state index in [-0.39, 0.29) is 5.91 Å². The summed E-state index contributed by atoms with van der Waals surface area (Å²) in [6.45, 7) is 5.91. The Morgan fingerprint density at radius 3 is 2.62 bits per heavy atom. The predicted octanol–water partition coefficient (Wildman–Crippen LogP) is 3.11. The summed E-state index contributed by atoms with van der Waals surface area (Å²) in [5.41, 5.74) is 3.58. The van der Waals surface area contributed by atoms with Crippen molar-refractivity contribution < 1.29 is 4.79 Å². The number of likely N-dealkylation sites (tertiary alicyclic amines) is 1. The zero-order valence-electron chi connectivity index (χ0n) is 15.4. The van der Waals surface area contributed by atoms with Crippen LogP contribution in [0.3, 0.4) is 0 Å². The molecule has 1 amide bonds. The van der Waals surface area contributed by atoms with E-state index in [2.05, 4.69) is 48.3 Å². The largest absolute Gasteiger partial charge is 0.342 e. The van der Waals surface area contributed by atoms with Gasteiger partial charge in [-0.3, -0.25) is 4.79 Å². The van der Waals surface area contributed by atoms with Crippen molar-refractivity contribution in [3.63, 3.8) is 0 Å². The molecule has 0 spiro atoms. The number of carbonyl (C=O) groups is 1. The van der Waals surface area contributed by atoms with Crippen LogP contribution in [0.2, 0.25) is 0 Å². The molecule has 134 valence electrons. The molecule has 1 aromatic heterocycles. The second kappa shape index (κ2) is 8.09. The number of rotatable bonds is 5. The maximum Gasteiger partial charge on any atom is 0.226 e. The molecule has 1 atom stereocenters. The van der Waals surface area contributed by atoms with Crippen molar-refractivity contribution in [3.8, 4) is 6.07 Å². The maximum atomic E-state index is 12.6. The average molecular weight is 348 g/mol. The fraction of sp³-hybridized carbons (Fsp3) is 0.429. The summed E-state index contributed by atoms with van der Waals surface area (Å²) < 4.78 is 0. The molecule has 26 heavy (non-hydrogen) atoms. The topological polar surface area (TPSA) is 69.9 Å². The Balaban J connectivity index is 1.52. The van der Waals surface area contributed by atoms with Gasteiger partial charge in [-0.05, 0) is 47.9 Å². The van der Waals surface area contributed by atoms with Gasteiger partial charge in [0.15, 0.2) is 5.69 Å². The van der Waals surface area contributed by atoms with Crippen molar-refractivity contribution in [1.29, 1.82) is 5.26 Å². The third-order valence-corrected chi connectivity index (χ3v) is 4.97. The quantitative estimate of drug-likeness (QED) is 0.832. The predicted molar refractivity (Wildman–Crippen MR) is 99.4 cm³/mol. The minimum atomic E-state index is 0.190. The van der Waals surface area contributed by atoms with Crippen LogP contribution in [0.5, 0.6) is 0 Å². The van der Waals surface area contributed by atoms with E-state index in [0.29, 0.717) is 24.0 Å². The first-order chi connectivity index (χ1) is 12.5. The molecule has 0 radical (unpaired) electrons. The third-order valence-electron chi connectivity index (χ3n) is 4.97. The van der Waals surface area contributed by atoms with Crippen LogP contribution in [0.4, 0.5) is 0 Å². The number of hydrogen-bond donors (Lipinski definition) is 0. The Morgan fingerprint density at radius 2 is 2.00 bits per heavy atom. The van der Waals surface area contributed by atoms with Gasteiger partial charge in [0.25, 0.3) is 0 Å². The van der Waals surface area contributed by atoms with Gasteiger partial charge in [-0.2, -0.15) is 10.4 Å². The number of benzene rings is 1. The molecule has 1 unspecified atom stereocenters. The number of hydrogen-bond acceptors (Lipinski definition) is 4. The molecule has 1 aliphatic rings. The fourth-order valence-electron chi connectivity index (χ4n) is 3.36. The Bertz CT molecular complexity index is 790. The highest BCUT2D eigenvalue weighted by atomic mass is 16.2. The van der Waals surface area contributed by atoms with Crippen molar-refractivity contribution in [2.75, 3.05) is 13.1 Å². The smallest absolute Gasteiger partial charge is 0.226 e. The van der Waals surface area contributed by atoms with Gasteiger partial charge in [0.05, 0.1) is 12.1 Å². The van der Waals surface area contributed by atoms with Gasteiger partial charge in [-0.25, -0.2) is 0 Å². The summed E-state index contributed by atoms with van der Waals surface area (Å²) in [4.78, 5) is 14.5. The summed E-state index contributed by atoms with van der Waals surface area (Å²) in [5.74, 6) is 1.10. The normalized spacial score (nSPS) is 16.7. The number of amides is 1. The van der Waals surface area contributed by atoms with Crippen LogP contribution in [0.1, 0.15) is 48.7 Å². The first kappa shape index (κ1) is 18.1. The number of carbonyl (C=O) groups excluding carboxylic acids is 1. The summed E-state index contributed by atoms with van der Waals surface area (Å²) in [7, 11) is 0. The lowest BCUT2D eigenvalue weighted by molar-refractivity contribution is -0.129. The third kappa shape index (κ3) is 4.45. The van der Waals surface area contributed by atoms with Gasteiger partial charge < -0.3 is 4.90 Å². The maximum absolute atomic E-state index is 12.6. The van der Waals surface area contributed by atoms with E-state index >= 15 is 0 Å². The van der Waals surface area contributed by atoms with Crippen molar-refractivity contribution in [2.24, 2.45) is 5.92 Å². The lowest BCUT2D eigenvalue weighted by Gasteiger charge is -2.17. The Labute approximate surface area is 154 Å². The van der Waals surface area contributed by atoms with E-state index in [1.807, 2.05) is 17.0 Å². The highest BCUT2D eigenvalue weighted by Gasteiger charge is 2.26. The van der Waals surface area contributed by atoms with Gasteiger partial charge in [0, 0.05) is 13.1 Å². The van der Waals surface area contributed by atoms with E-state index in [1.165, 1.54) is 5.56 Å². The van der Waals surface area contributed by atoms with Crippen LogP contribution in [-0.2, 0) is 17.6 Å². The zero-order valence-corrected chi connectivity index (χ0v) is 15.4. The summed E-state index contributed by atoms with van der Waals surface area (Å²) in [6.07, 6.45) is 2.24. The molecule has 1 fully saturated rings. The monoisotopic (exact) mass is 348 g/mol. The van der Waals surface area contributed by atoms with Gasteiger partial charge in [0.2, 0.25) is 5.91 Å². The van der Waals surface area contributed by atoms with Crippen LogP contribution in [0.15, 0.2) is 36.4 Å². The standard InChI is InChI=1S/C21H24N4O/c1-15(2)18-5-3-16(4-6-18)12-21(26)25-10-9-17(14-25)11-19-7-8-20(13-22)24-23-19/h3-8,15,17H,9-12,14H2,1-2H3. The molecule has 1 aliphatic heterocycles. The van der Waals surface area contributed by atoms with Crippen molar-refractivity contribution in [1.82, 2.24) is 15.1 Å². The number of aromatic nitrogens is 2. The first-order valence-corrected chi connectivity index (χ1v) is 9.14. The molecule has 0 saturated carbocycles. The molecule has 1 aromatic carbocycles. The van der Waals surface area contributed by atoms with Crippen LogP contribution < -0.4 is 0 Å². The SMILES string of the molecule is CC(C)c1ccc(CC(=O)N2CCC(Cc3ccc(C#N)nn3)C2)cc1. The number of nitrogens with zero attached hydrogens (tertiary/aromatic N) is 4. The molecule has 0 aliphatic carbocycles. The van der Waals surface area contributed by atoms with Gasteiger partial charge >= 0.3 is 0 Å². The Kier molecular flexibility index (Phi) is 5.62. The molecule has 5 heteroatoms. The highest BCUT2D eigenvalue weighted by Crippen LogP contribution is 2.21. The molecule has 0 bridgehead atoms. The second-order valence-electron chi connectivity index (χ2n) is 7.29. The van der Waals surface area contributed by atoms with Gasteiger partial charge in [-0.15, -0.1) is 5.10 Å². The minimum Gasteiger partial charge on any atom is -0.342 e. The van der Waals surface area contributed by atoms with Gasteiger partial charge in [-0.1, -0.05) is 38.1 Å². The molecular weight excluding hydrogens is 324 g/mol. The lowest BCUT2D eigenvalue weighted by Crippen LogP contribution is -2.30. The fourth-order valence-corrected chi connectivity index (χ4v) is 3.36. The summed E-state index contributed by atoms with van der Waals surface area (Å²) >= 11 is 0. The van der Waals surface area contributed by atoms with Crippen LogP contribution in [0, 0.1) is 17.2 Å². The van der Waals surface area contributed by atoms with Crippen molar-refractivity contribution >= 4 is 5.91 Å². The molecule has 2 heterocycles. The molecular formula is C21H24N4O. The Morgan fingerprint density at radius 1 is 1.23 bits per heavy atom. The highest BCUT2D eigenvalue weighted by molar-refractivity contribution is 5.79. The van der Waals surface area contributed by atoms with Crippen molar-refractivity contribution in [3.05, 3.63) is 58.9 Å². The van der Waals surface area contributed by atoms with E-state index in [0.717, 1.165) is 37.2 Å². The van der Waals surface area contributed by atoms with E-state index in [4.69, 9.17) is 5.26 Å².